The van der Waals surface area contributed by atoms with Crippen LogP contribution in [0.25, 0.3) is 16.7 Å². The zero-order valence-corrected chi connectivity index (χ0v) is 20.6. The number of allylic oxidation sites excluding steroid dienone is 4. The molecule has 0 heterocycles. The van der Waals surface area contributed by atoms with E-state index in [4.69, 9.17) is 11.5 Å². The average Bonchev–Trinajstić information content (AvgIpc) is 2.82. The van der Waals surface area contributed by atoms with Gasteiger partial charge in [0, 0.05) is 5.57 Å². The van der Waals surface area contributed by atoms with Crippen LogP contribution in [0.15, 0.2) is 66.7 Å². The molecule has 1 unspecified atom stereocenters. The molecular weight excluding hydrogens is 454 g/mol. The van der Waals surface area contributed by atoms with Gasteiger partial charge in [-0.1, -0.05) is 43.8 Å². The fourth-order valence-corrected chi connectivity index (χ4v) is 3.91. The summed E-state index contributed by atoms with van der Waals surface area (Å²) in [6, 6.07) is 11.1. The van der Waals surface area contributed by atoms with Crippen molar-refractivity contribution in [1.82, 2.24) is 5.32 Å². The minimum absolute atomic E-state index is 0.269. The highest BCUT2D eigenvalue weighted by Gasteiger charge is 2.36. The Morgan fingerprint density at radius 2 is 1.83 bits per heavy atom. The van der Waals surface area contributed by atoms with E-state index < -0.39 is 17.6 Å². The highest BCUT2D eigenvalue weighted by Crippen LogP contribution is 2.37. The topological polar surface area (TPSA) is 64.1 Å². The van der Waals surface area contributed by atoms with Crippen molar-refractivity contribution < 1.29 is 17.6 Å². The molecule has 0 aromatic heterocycles. The number of benzene rings is 2. The van der Waals surface area contributed by atoms with Crippen LogP contribution in [0.1, 0.15) is 35.6 Å². The summed E-state index contributed by atoms with van der Waals surface area (Å²) in [4.78, 5) is 0. The molecule has 190 valence electrons. The Kier molecular flexibility index (Phi) is 10.3. The number of aryl methyl sites for hydroxylation is 2. The summed E-state index contributed by atoms with van der Waals surface area (Å²) in [5.41, 5.74) is 14.7. The molecular formula is C28H35F4N3. The number of rotatable bonds is 11. The molecule has 0 fully saturated rings. The van der Waals surface area contributed by atoms with Gasteiger partial charge >= 0.3 is 6.18 Å². The standard InChI is InChI=1S/C28H35F4N3/c1-5-12-35-17-21(16-34)14-22-8-9-23(13-19(22)3)26-15-24(7-6-18(26)2)25(10-11-33)27(29)20(4)28(30,31)32/h6-11,13,15,21,35H,4-5,12,14,16-17,33-34H2,1-3H3/b11-10-,27-25-. The molecule has 0 aliphatic heterocycles. The smallest absolute Gasteiger partial charge is 0.405 e. The number of nitrogens with two attached hydrogens (primary N) is 2. The predicted octanol–water partition coefficient (Wildman–Crippen LogP) is 6.36. The van der Waals surface area contributed by atoms with Crippen LogP contribution >= 0.6 is 0 Å². The van der Waals surface area contributed by atoms with Crippen LogP contribution < -0.4 is 16.8 Å². The largest absolute Gasteiger partial charge is 0.418 e. The van der Waals surface area contributed by atoms with Crippen LogP contribution in [0.5, 0.6) is 0 Å². The molecule has 0 saturated heterocycles. The van der Waals surface area contributed by atoms with Crippen molar-refractivity contribution in [2.75, 3.05) is 19.6 Å². The van der Waals surface area contributed by atoms with Crippen LogP contribution in [0.4, 0.5) is 17.6 Å². The molecule has 35 heavy (non-hydrogen) atoms. The SMILES string of the molecule is C=C(/C(F)=C(\C=C/N)c1ccc(C)c(-c2ccc(CC(CN)CNCCC)c(C)c2)c1)C(F)(F)F. The first kappa shape index (κ1) is 28.3. The number of alkyl halides is 3. The van der Waals surface area contributed by atoms with E-state index in [1.807, 2.05) is 26.0 Å². The van der Waals surface area contributed by atoms with E-state index in [9.17, 15) is 17.6 Å². The third kappa shape index (κ3) is 7.54. The van der Waals surface area contributed by atoms with Crippen molar-refractivity contribution in [1.29, 1.82) is 0 Å². The van der Waals surface area contributed by atoms with Crippen LogP contribution in [0.3, 0.4) is 0 Å². The molecule has 0 amide bonds. The highest BCUT2D eigenvalue weighted by molar-refractivity contribution is 5.82. The predicted molar refractivity (Wildman–Crippen MR) is 137 cm³/mol. The summed E-state index contributed by atoms with van der Waals surface area (Å²) >= 11 is 0. The van der Waals surface area contributed by atoms with Crippen molar-refractivity contribution in [3.05, 3.63) is 88.9 Å². The molecule has 3 nitrogen and oxygen atoms in total. The van der Waals surface area contributed by atoms with Gasteiger partial charge in [-0.15, -0.1) is 0 Å². The van der Waals surface area contributed by atoms with E-state index in [0.717, 1.165) is 60.5 Å². The Morgan fingerprint density at radius 1 is 1.11 bits per heavy atom. The van der Waals surface area contributed by atoms with Gasteiger partial charge in [0.2, 0.25) is 0 Å². The summed E-state index contributed by atoms with van der Waals surface area (Å²) in [6.45, 7) is 11.3. The first-order chi connectivity index (χ1) is 16.5. The van der Waals surface area contributed by atoms with E-state index >= 15 is 0 Å². The van der Waals surface area contributed by atoms with Crippen LogP contribution in [-0.2, 0) is 6.42 Å². The van der Waals surface area contributed by atoms with Gasteiger partial charge in [-0.2, -0.15) is 13.2 Å². The second-order valence-corrected chi connectivity index (χ2v) is 8.74. The first-order valence-corrected chi connectivity index (χ1v) is 11.7. The second kappa shape index (κ2) is 12.7. The molecule has 2 aromatic rings. The van der Waals surface area contributed by atoms with Crippen molar-refractivity contribution in [2.45, 2.75) is 39.8 Å². The van der Waals surface area contributed by atoms with Crippen molar-refractivity contribution in [3.63, 3.8) is 0 Å². The fraction of sp³-hybridized carbons (Fsp3) is 0.357. The van der Waals surface area contributed by atoms with Gasteiger partial charge in [0.1, 0.15) is 5.83 Å². The fourth-order valence-electron chi connectivity index (χ4n) is 3.91. The maximum Gasteiger partial charge on any atom is 0.418 e. The van der Waals surface area contributed by atoms with Crippen molar-refractivity contribution >= 4 is 5.57 Å². The number of hydrogen-bond acceptors (Lipinski definition) is 3. The van der Waals surface area contributed by atoms with Gasteiger partial charge in [0.25, 0.3) is 0 Å². The zero-order valence-electron chi connectivity index (χ0n) is 20.6. The van der Waals surface area contributed by atoms with E-state index in [1.54, 1.807) is 18.2 Å². The van der Waals surface area contributed by atoms with Gasteiger partial charge in [0.15, 0.2) is 0 Å². The third-order valence-electron chi connectivity index (χ3n) is 6.01. The molecule has 5 N–H and O–H groups in total. The van der Waals surface area contributed by atoms with E-state index in [-0.39, 0.29) is 11.1 Å². The number of hydrogen-bond donors (Lipinski definition) is 3. The highest BCUT2D eigenvalue weighted by atomic mass is 19.4. The summed E-state index contributed by atoms with van der Waals surface area (Å²) in [6.07, 6.45) is -0.840. The molecule has 2 aromatic carbocycles. The van der Waals surface area contributed by atoms with E-state index in [1.165, 1.54) is 5.56 Å². The Bertz CT molecular complexity index is 1080. The lowest BCUT2D eigenvalue weighted by Gasteiger charge is -2.18. The summed E-state index contributed by atoms with van der Waals surface area (Å²) < 4.78 is 54.0. The first-order valence-electron chi connectivity index (χ1n) is 11.7. The van der Waals surface area contributed by atoms with Gasteiger partial charge in [-0.25, -0.2) is 4.39 Å². The molecule has 0 aliphatic carbocycles. The Labute approximate surface area is 205 Å². The molecule has 0 spiro atoms. The quantitative estimate of drug-likeness (QED) is 0.196. The summed E-state index contributed by atoms with van der Waals surface area (Å²) in [5.74, 6) is -1.14. The lowest BCUT2D eigenvalue weighted by molar-refractivity contribution is -0.0905. The second-order valence-electron chi connectivity index (χ2n) is 8.74. The van der Waals surface area contributed by atoms with E-state index in [0.29, 0.717) is 12.5 Å². The zero-order chi connectivity index (χ0) is 26.2. The number of nitrogens with one attached hydrogen (secondary N) is 1. The summed E-state index contributed by atoms with van der Waals surface area (Å²) in [5, 5.41) is 3.42. The monoisotopic (exact) mass is 489 g/mol. The Hall–Kier alpha value is -2.90. The van der Waals surface area contributed by atoms with Crippen molar-refractivity contribution in [2.24, 2.45) is 17.4 Å². The minimum atomic E-state index is -4.88. The maximum absolute atomic E-state index is 14.8. The van der Waals surface area contributed by atoms with Crippen LogP contribution in [0.2, 0.25) is 0 Å². The molecule has 0 saturated carbocycles. The molecule has 7 heteroatoms. The van der Waals surface area contributed by atoms with Gasteiger partial charge in [-0.3, -0.25) is 0 Å². The lowest BCUT2D eigenvalue weighted by atomic mass is 9.90. The lowest BCUT2D eigenvalue weighted by Crippen LogP contribution is -2.30. The van der Waals surface area contributed by atoms with Gasteiger partial charge in [-0.05, 0) is 104 Å². The van der Waals surface area contributed by atoms with Gasteiger partial charge < -0.3 is 16.8 Å². The molecule has 0 bridgehead atoms. The minimum Gasteiger partial charge on any atom is -0.405 e. The molecule has 0 aliphatic rings. The normalized spacial score (nSPS) is 13.7. The Balaban J connectivity index is 2.44. The Morgan fingerprint density at radius 3 is 2.40 bits per heavy atom. The maximum atomic E-state index is 14.8. The molecule has 1 atom stereocenters. The summed E-state index contributed by atoms with van der Waals surface area (Å²) in [7, 11) is 0. The molecule has 0 radical (unpaired) electrons. The number of halogens is 4. The van der Waals surface area contributed by atoms with Crippen LogP contribution in [0, 0.1) is 19.8 Å². The van der Waals surface area contributed by atoms with Crippen molar-refractivity contribution in [3.8, 4) is 11.1 Å². The third-order valence-corrected chi connectivity index (χ3v) is 6.01. The average molecular weight is 490 g/mol. The van der Waals surface area contributed by atoms with E-state index in [2.05, 4.69) is 24.9 Å². The van der Waals surface area contributed by atoms with Crippen LogP contribution in [-0.4, -0.2) is 25.8 Å². The molecule has 2 rings (SSSR count). The van der Waals surface area contributed by atoms with Gasteiger partial charge in [0.05, 0.1) is 5.57 Å².